The predicted octanol–water partition coefficient (Wildman–Crippen LogP) is 5.58. The summed E-state index contributed by atoms with van der Waals surface area (Å²) in [5.41, 5.74) is 2.30. The van der Waals surface area contributed by atoms with Crippen molar-refractivity contribution in [3.8, 4) is 5.75 Å². The molecule has 0 aliphatic carbocycles. The summed E-state index contributed by atoms with van der Waals surface area (Å²) in [7, 11) is 0. The molecular formula is C31H38N4O6. The highest BCUT2D eigenvalue weighted by molar-refractivity contribution is 6.06. The lowest BCUT2D eigenvalue weighted by Crippen LogP contribution is -2.52. The Hall–Kier alpha value is -3.92. The average molecular weight is 563 g/mol. The van der Waals surface area contributed by atoms with Crippen molar-refractivity contribution >= 4 is 34.9 Å². The van der Waals surface area contributed by atoms with Gasteiger partial charge in [-0.2, -0.15) is 10.2 Å². The lowest BCUT2D eigenvalue weighted by atomic mass is 10.0. The van der Waals surface area contributed by atoms with Crippen molar-refractivity contribution in [2.75, 3.05) is 19.8 Å². The van der Waals surface area contributed by atoms with E-state index in [9.17, 15) is 19.2 Å². The number of unbranched alkanes of at least 4 members (excludes halogenated alkanes) is 4. The van der Waals surface area contributed by atoms with E-state index in [4.69, 9.17) is 9.47 Å². The molecule has 2 aromatic carbocycles. The first-order chi connectivity index (χ1) is 20.0. The van der Waals surface area contributed by atoms with Gasteiger partial charge in [0.15, 0.2) is 5.78 Å². The number of rotatable bonds is 16. The van der Waals surface area contributed by atoms with Crippen LogP contribution in [0.3, 0.4) is 0 Å². The third-order valence-corrected chi connectivity index (χ3v) is 7.20. The van der Waals surface area contributed by atoms with Gasteiger partial charge in [-0.25, -0.2) is 0 Å². The van der Waals surface area contributed by atoms with Gasteiger partial charge in [0.2, 0.25) is 11.8 Å². The molecule has 2 heterocycles. The van der Waals surface area contributed by atoms with Crippen molar-refractivity contribution in [2.45, 2.75) is 77.3 Å². The molecule has 3 amide bonds. The number of amides is 3. The molecule has 10 nitrogen and oxygen atoms in total. The third-order valence-electron chi connectivity index (χ3n) is 7.20. The molecule has 0 spiro atoms. The molecule has 1 saturated heterocycles. The summed E-state index contributed by atoms with van der Waals surface area (Å²) in [6.45, 7) is 3.77. The van der Waals surface area contributed by atoms with Crippen LogP contribution in [0, 0.1) is 0 Å². The van der Waals surface area contributed by atoms with E-state index in [1.807, 2.05) is 0 Å². The van der Waals surface area contributed by atoms with Crippen molar-refractivity contribution < 1.29 is 28.7 Å². The Bertz CT molecular complexity index is 1260. The van der Waals surface area contributed by atoms with Gasteiger partial charge >= 0.3 is 0 Å². The summed E-state index contributed by atoms with van der Waals surface area (Å²) in [6, 6.07) is 11.5. The molecule has 2 aliphatic heterocycles. The van der Waals surface area contributed by atoms with Gasteiger partial charge in [0.05, 0.1) is 11.4 Å². The van der Waals surface area contributed by atoms with E-state index in [2.05, 4.69) is 22.5 Å². The summed E-state index contributed by atoms with van der Waals surface area (Å²) in [5, 5.41) is 11.0. The minimum Gasteiger partial charge on any atom is -0.486 e. The van der Waals surface area contributed by atoms with Gasteiger partial charge in [0.25, 0.3) is 5.91 Å². The highest BCUT2D eigenvalue weighted by Crippen LogP contribution is 2.34. The number of ketones is 1. The molecule has 0 bridgehead atoms. The topological polar surface area (TPSA) is 127 Å². The monoisotopic (exact) mass is 562 g/mol. The molecule has 0 radical (unpaired) electrons. The highest BCUT2D eigenvalue weighted by Gasteiger charge is 2.39. The van der Waals surface area contributed by atoms with E-state index < -0.39 is 11.9 Å². The van der Waals surface area contributed by atoms with E-state index in [0.717, 1.165) is 13.0 Å². The van der Waals surface area contributed by atoms with Gasteiger partial charge in [-0.15, -0.1) is 0 Å². The summed E-state index contributed by atoms with van der Waals surface area (Å²) in [5.74, 6) is -0.442. The normalized spacial score (nSPS) is 16.8. The Labute approximate surface area is 240 Å². The second-order valence-corrected chi connectivity index (χ2v) is 10.4. The summed E-state index contributed by atoms with van der Waals surface area (Å²) < 4.78 is 11.2. The van der Waals surface area contributed by atoms with Crippen molar-refractivity contribution in [3.63, 3.8) is 0 Å². The average Bonchev–Trinajstić information content (AvgIpc) is 3.31. The fraction of sp³-hybridized carbons (Fsp3) is 0.484. The molecule has 1 fully saturated rings. The molecule has 41 heavy (non-hydrogen) atoms. The fourth-order valence-corrected chi connectivity index (χ4v) is 4.90. The van der Waals surface area contributed by atoms with Crippen LogP contribution in [0.25, 0.3) is 0 Å². The first-order valence-electron chi connectivity index (χ1n) is 14.5. The number of azo groups is 1. The minimum absolute atomic E-state index is 0.00569. The number of nitrogens with one attached hydrogen (secondary N) is 1. The predicted molar refractivity (Wildman–Crippen MR) is 152 cm³/mol. The van der Waals surface area contributed by atoms with Crippen LogP contribution in [0.4, 0.5) is 11.4 Å². The lowest BCUT2D eigenvalue weighted by molar-refractivity contribution is -0.137. The van der Waals surface area contributed by atoms with Gasteiger partial charge in [0.1, 0.15) is 18.4 Å². The molecule has 0 saturated carbocycles. The second kappa shape index (κ2) is 15.2. The maximum absolute atomic E-state index is 13.0. The first kappa shape index (κ1) is 30.0. The van der Waals surface area contributed by atoms with Crippen LogP contribution >= 0.6 is 0 Å². The van der Waals surface area contributed by atoms with Gasteiger partial charge < -0.3 is 14.4 Å². The second-order valence-electron chi connectivity index (χ2n) is 10.4. The molecule has 2 aliphatic rings. The van der Waals surface area contributed by atoms with Crippen molar-refractivity contribution in [1.29, 1.82) is 0 Å². The Morgan fingerprint density at radius 3 is 2.54 bits per heavy atom. The number of benzene rings is 2. The number of ether oxygens (including phenoxy) is 2. The highest BCUT2D eigenvalue weighted by atomic mass is 16.5. The van der Waals surface area contributed by atoms with Crippen LogP contribution < -0.4 is 10.1 Å². The number of hydrogen-bond acceptors (Lipinski definition) is 8. The number of fused-ring (bicyclic) bond motifs is 1. The Morgan fingerprint density at radius 2 is 1.76 bits per heavy atom. The SMILES string of the molecule is CCCCCCCOCCCC(=O)COc1ccc(N=Nc2cccc3c2CN(C2CCC(=O)NC2=O)C3=O)cc1. The maximum atomic E-state index is 13.0. The quantitative estimate of drug-likeness (QED) is 0.162. The summed E-state index contributed by atoms with van der Waals surface area (Å²) in [4.78, 5) is 50.4. The summed E-state index contributed by atoms with van der Waals surface area (Å²) >= 11 is 0. The van der Waals surface area contributed by atoms with Crippen LogP contribution in [0.2, 0.25) is 0 Å². The number of piperidine rings is 1. The van der Waals surface area contributed by atoms with Gasteiger partial charge in [-0.3, -0.25) is 24.5 Å². The zero-order valence-corrected chi connectivity index (χ0v) is 23.6. The summed E-state index contributed by atoms with van der Waals surface area (Å²) in [6.07, 6.45) is 7.64. The maximum Gasteiger partial charge on any atom is 0.255 e. The van der Waals surface area contributed by atoms with Crippen molar-refractivity contribution in [2.24, 2.45) is 10.2 Å². The molecule has 4 rings (SSSR count). The zero-order valence-electron chi connectivity index (χ0n) is 23.6. The van der Waals surface area contributed by atoms with Crippen LogP contribution in [0.1, 0.15) is 80.6 Å². The number of imide groups is 1. The van der Waals surface area contributed by atoms with E-state index >= 15 is 0 Å². The number of carbonyl (C=O) groups is 4. The number of hydrogen-bond donors (Lipinski definition) is 1. The largest absolute Gasteiger partial charge is 0.486 e. The molecule has 1 N–H and O–H groups in total. The van der Waals surface area contributed by atoms with E-state index in [1.54, 1.807) is 42.5 Å². The van der Waals surface area contributed by atoms with Crippen molar-refractivity contribution in [3.05, 3.63) is 53.6 Å². The number of Topliss-reactive ketones (excluding diaryl/α,β-unsaturated/α-hetero) is 1. The Balaban J connectivity index is 1.22. The zero-order chi connectivity index (χ0) is 29.0. The lowest BCUT2D eigenvalue weighted by Gasteiger charge is -2.29. The van der Waals surface area contributed by atoms with Crippen LogP contribution in [-0.4, -0.2) is 54.3 Å². The smallest absolute Gasteiger partial charge is 0.255 e. The number of carbonyl (C=O) groups excluding carboxylic acids is 4. The minimum atomic E-state index is -0.685. The molecule has 10 heteroatoms. The Kier molecular flexibility index (Phi) is 11.1. The fourth-order valence-electron chi connectivity index (χ4n) is 4.90. The number of nitrogens with zero attached hydrogens (tertiary/aromatic N) is 3. The first-order valence-corrected chi connectivity index (χ1v) is 14.5. The van der Waals surface area contributed by atoms with Crippen molar-refractivity contribution in [1.82, 2.24) is 10.2 Å². The van der Waals surface area contributed by atoms with E-state index in [1.165, 1.54) is 30.6 Å². The van der Waals surface area contributed by atoms with Crippen LogP contribution in [0.5, 0.6) is 5.75 Å². The van der Waals surface area contributed by atoms with Crippen LogP contribution in [-0.2, 0) is 25.7 Å². The van der Waals surface area contributed by atoms with E-state index in [-0.39, 0.29) is 37.2 Å². The molecular weight excluding hydrogens is 524 g/mol. The van der Waals surface area contributed by atoms with Gasteiger partial charge in [-0.05, 0) is 55.7 Å². The molecule has 0 aromatic heterocycles. The standard InChI is InChI=1S/C31H38N4O6/c1-2-3-4-5-6-18-40-19-8-9-23(36)21-41-24-14-12-22(13-15-24)33-34-27-11-7-10-25-26(27)20-35(31(25)39)28-16-17-29(37)32-30(28)38/h7,10-15,28H,2-6,8-9,16-21H2,1H3,(H,32,37,38). The third kappa shape index (κ3) is 8.53. The van der Waals surface area contributed by atoms with Crippen LogP contribution in [0.15, 0.2) is 52.7 Å². The molecule has 2 aromatic rings. The van der Waals surface area contributed by atoms with Gasteiger partial charge in [-0.1, -0.05) is 38.7 Å². The molecule has 1 unspecified atom stereocenters. The molecule has 1 atom stereocenters. The van der Waals surface area contributed by atoms with E-state index in [0.29, 0.717) is 54.1 Å². The molecule has 218 valence electrons. The van der Waals surface area contributed by atoms with Gasteiger partial charge in [0, 0.05) is 43.7 Å². The Morgan fingerprint density at radius 1 is 0.976 bits per heavy atom.